The van der Waals surface area contributed by atoms with Crippen molar-refractivity contribution >= 4 is 11.9 Å². The summed E-state index contributed by atoms with van der Waals surface area (Å²) in [6, 6.07) is 0. The Hall–Kier alpha value is -1.10. The minimum absolute atomic E-state index is 0.0537. The molecule has 0 aromatic rings. The molecule has 2 N–H and O–H groups in total. The first-order chi connectivity index (χ1) is 8.94. The molecule has 5 nitrogen and oxygen atoms in total. The Bertz CT molecular complexity index is 362. The molecule has 1 saturated heterocycles. The van der Waals surface area contributed by atoms with Crippen molar-refractivity contribution in [2.75, 3.05) is 26.2 Å². The maximum absolute atomic E-state index is 12.5. The SMILES string of the molecule is CC(C)CN(CC(=O)O)C(=O)C1CC12CCNCC2. The Balaban J connectivity index is 1.97. The van der Waals surface area contributed by atoms with E-state index in [1.54, 1.807) is 0 Å². The van der Waals surface area contributed by atoms with Crippen LogP contribution >= 0.6 is 0 Å². The second kappa shape index (κ2) is 5.49. The molecule has 1 heterocycles. The zero-order chi connectivity index (χ0) is 14.0. The van der Waals surface area contributed by atoms with Gasteiger partial charge in [-0.3, -0.25) is 9.59 Å². The number of amides is 1. The zero-order valence-electron chi connectivity index (χ0n) is 11.8. The van der Waals surface area contributed by atoms with Gasteiger partial charge in [-0.1, -0.05) is 13.8 Å². The molecule has 108 valence electrons. The lowest BCUT2D eigenvalue weighted by Gasteiger charge is -2.27. The fourth-order valence-corrected chi connectivity index (χ4v) is 3.23. The zero-order valence-corrected chi connectivity index (χ0v) is 11.8. The molecule has 1 saturated carbocycles. The van der Waals surface area contributed by atoms with Crippen molar-refractivity contribution in [3.05, 3.63) is 0 Å². The van der Waals surface area contributed by atoms with Crippen molar-refractivity contribution in [1.29, 1.82) is 0 Å². The number of piperidine rings is 1. The summed E-state index contributed by atoms with van der Waals surface area (Å²) >= 11 is 0. The van der Waals surface area contributed by atoms with Gasteiger partial charge in [0.15, 0.2) is 0 Å². The van der Waals surface area contributed by atoms with E-state index in [4.69, 9.17) is 5.11 Å². The largest absolute Gasteiger partial charge is 0.480 e. The van der Waals surface area contributed by atoms with E-state index in [1.807, 2.05) is 13.8 Å². The lowest BCUT2D eigenvalue weighted by Crippen LogP contribution is -2.41. The van der Waals surface area contributed by atoms with E-state index in [-0.39, 0.29) is 23.8 Å². The minimum Gasteiger partial charge on any atom is -0.480 e. The number of carbonyl (C=O) groups is 2. The minimum atomic E-state index is -0.922. The van der Waals surface area contributed by atoms with Crippen molar-refractivity contribution in [2.45, 2.75) is 33.1 Å². The summed E-state index contributed by atoms with van der Waals surface area (Å²) in [5.41, 5.74) is 0.177. The summed E-state index contributed by atoms with van der Waals surface area (Å²) in [5, 5.41) is 12.3. The number of rotatable bonds is 5. The van der Waals surface area contributed by atoms with Crippen molar-refractivity contribution in [2.24, 2.45) is 17.3 Å². The Morgan fingerprint density at radius 3 is 2.53 bits per heavy atom. The highest BCUT2D eigenvalue weighted by molar-refractivity contribution is 5.86. The molecule has 0 bridgehead atoms. The van der Waals surface area contributed by atoms with Crippen LogP contribution < -0.4 is 5.32 Å². The number of aliphatic carboxylic acids is 1. The van der Waals surface area contributed by atoms with Crippen LogP contribution in [0.4, 0.5) is 0 Å². The molecule has 0 aromatic carbocycles. The third-order valence-corrected chi connectivity index (χ3v) is 4.31. The number of hydrogen-bond acceptors (Lipinski definition) is 3. The number of carbonyl (C=O) groups excluding carboxylic acids is 1. The van der Waals surface area contributed by atoms with E-state index in [1.165, 1.54) is 4.90 Å². The number of nitrogens with zero attached hydrogens (tertiary/aromatic N) is 1. The molecule has 0 aromatic heterocycles. The Kier molecular flexibility index (Phi) is 4.13. The van der Waals surface area contributed by atoms with Gasteiger partial charge in [-0.2, -0.15) is 0 Å². The van der Waals surface area contributed by atoms with Gasteiger partial charge in [-0.05, 0) is 43.7 Å². The summed E-state index contributed by atoms with van der Waals surface area (Å²) in [4.78, 5) is 24.9. The van der Waals surface area contributed by atoms with Gasteiger partial charge < -0.3 is 15.3 Å². The van der Waals surface area contributed by atoms with Crippen LogP contribution in [0.3, 0.4) is 0 Å². The molecule has 2 fully saturated rings. The van der Waals surface area contributed by atoms with E-state index in [0.29, 0.717) is 12.5 Å². The van der Waals surface area contributed by atoms with Gasteiger partial charge in [0.25, 0.3) is 0 Å². The van der Waals surface area contributed by atoms with Crippen LogP contribution in [0.1, 0.15) is 33.1 Å². The predicted molar refractivity (Wildman–Crippen MR) is 71.7 cm³/mol. The van der Waals surface area contributed by atoms with E-state index in [9.17, 15) is 9.59 Å². The summed E-state index contributed by atoms with van der Waals surface area (Å²) in [5.74, 6) is -0.509. The third kappa shape index (κ3) is 3.26. The standard InChI is InChI=1S/C14H24N2O3/c1-10(2)8-16(9-12(17)18)13(19)11-7-14(11)3-5-15-6-4-14/h10-11,15H,3-9H2,1-2H3,(H,17,18). The molecular weight excluding hydrogens is 244 g/mol. The second-order valence-electron chi connectivity index (χ2n) is 6.38. The van der Waals surface area contributed by atoms with Crippen molar-refractivity contribution in [3.63, 3.8) is 0 Å². The number of carboxylic acids is 1. The van der Waals surface area contributed by atoms with Gasteiger partial charge in [0, 0.05) is 12.5 Å². The van der Waals surface area contributed by atoms with Crippen LogP contribution in [0, 0.1) is 17.3 Å². The third-order valence-electron chi connectivity index (χ3n) is 4.31. The topological polar surface area (TPSA) is 69.6 Å². The van der Waals surface area contributed by atoms with Crippen LogP contribution in [-0.2, 0) is 9.59 Å². The highest BCUT2D eigenvalue weighted by Gasteiger charge is 2.58. The van der Waals surface area contributed by atoms with E-state index in [0.717, 1.165) is 32.4 Å². The van der Waals surface area contributed by atoms with Crippen LogP contribution in [0.2, 0.25) is 0 Å². The molecule has 2 rings (SSSR count). The molecular formula is C14H24N2O3. The maximum Gasteiger partial charge on any atom is 0.323 e. The van der Waals surface area contributed by atoms with Gasteiger partial charge >= 0.3 is 5.97 Å². The smallest absolute Gasteiger partial charge is 0.323 e. The van der Waals surface area contributed by atoms with Crippen molar-refractivity contribution < 1.29 is 14.7 Å². The summed E-state index contributed by atoms with van der Waals surface area (Å²) in [7, 11) is 0. The van der Waals surface area contributed by atoms with Crippen LogP contribution in [0.25, 0.3) is 0 Å². The first kappa shape index (κ1) is 14.3. The van der Waals surface area contributed by atoms with Gasteiger partial charge in [0.2, 0.25) is 5.91 Å². The van der Waals surface area contributed by atoms with Crippen molar-refractivity contribution in [1.82, 2.24) is 10.2 Å². The fourth-order valence-electron chi connectivity index (χ4n) is 3.23. The lowest BCUT2D eigenvalue weighted by atomic mass is 9.91. The molecule has 1 unspecified atom stereocenters. The molecule has 1 aliphatic heterocycles. The highest BCUT2D eigenvalue weighted by Crippen LogP contribution is 2.59. The van der Waals surface area contributed by atoms with E-state index >= 15 is 0 Å². The van der Waals surface area contributed by atoms with E-state index in [2.05, 4.69) is 5.32 Å². The fraction of sp³-hybridized carbons (Fsp3) is 0.857. The number of carboxylic acid groups (broad SMARTS) is 1. The summed E-state index contributed by atoms with van der Waals surface area (Å²) in [6.45, 7) is 6.35. The highest BCUT2D eigenvalue weighted by atomic mass is 16.4. The van der Waals surface area contributed by atoms with Gasteiger partial charge in [0.1, 0.15) is 6.54 Å². The first-order valence-corrected chi connectivity index (χ1v) is 7.16. The number of hydrogen-bond donors (Lipinski definition) is 2. The molecule has 1 atom stereocenters. The van der Waals surface area contributed by atoms with Gasteiger partial charge in [0.05, 0.1) is 0 Å². The van der Waals surface area contributed by atoms with Crippen molar-refractivity contribution in [3.8, 4) is 0 Å². The molecule has 2 aliphatic rings. The maximum atomic E-state index is 12.5. The molecule has 1 amide bonds. The molecule has 1 aliphatic carbocycles. The van der Waals surface area contributed by atoms with Gasteiger partial charge in [-0.25, -0.2) is 0 Å². The monoisotopic (exact) mass is 268 g/mol. The quantitative estimate of drug-likeness (QED) is 0.779. The average Bonchev–Trinajstić information content (AvgIpc) is 3.01. The molecule has 0 radical (unpaired) electrons. The first-order valence-electron chi connectivity index (χ1n) is 7.16. The van der Waals surface area contributed by atoms with Crippen LogP contribution in [0.15, 0.2) is 0 Å². The molecule has 19 heavy (non-hydrogen) atoms. The van der Waals surface area contributed by atoms with E-state index < -0.39 is 5.97 Å². The lowest BCUT2D eigenvalue weighted by molar-refractivity contribution is -0.145. The van der Waals surface area contributed by atoms with Crippen LogP contribution in [-0.4, -0.2) is 48.1 Å². The Morgan fingerprint density at radius 1 is 1.37 bits per heavy atom. The van der Waals surface area contributed by atoms with Crippen LogP contribution in [0.5, 0.6) is 0 Å². The van der Waals surface area contributed by atoms with Gasteiger partial charge in [-0.15, -0.1) is 0 Å². The molecule has 5 heteroatoms. The Labute approximate surface area is 114 Å². The Morgan fingerprint density at radius 2 is 2.00 bits per heavy atom. The molecule has 1 spiro atoms. The normalized spacial score (nSPS) is 24.5. The average molecular weight is 268 g/mol. The predicted octanol–water partition coefficient (Wildman–Crippen LogP) is 0.945. The summed E-state index contributed by atoms with van der Waals surface area (Å²) < 4.78 is 0. The summed E-state index contributed by atoms with van der Waals surface area (Å²) in [6.07, 6.45) is 3.04. The second-order valence-corrected chi connectivity index (χ2v) is 6.38. The number of nitrogens with one attached hydrogen (secondary N) is 1.